The largest absolute Gasteiger partial charge is 0.321 e. The van der Waals surface area contributed by atoms with E-state index in [1.165, 1.54) is 4.88 Å². The molecule has 1 atom stereocenters. The maximum Gasteiger partial charge on any atom is 0.258 e. The Morgan fingerprint density at radius 3 is 2.34 bits per heavy atom. The zero-order valence-corrected chi connectivity index (χ0v) is 21.2. The fourth-order valence-electron chi connectivity index (χ4n) is 4.94. The Kier molecular flexibility index (Phi) is 6.20. The van der Waals surface area contributed by atoms with E-state index >= 15 is 0 Å². The van der Waals surface area contributed by atoms with Gasteiger partial charge in [0.15, 0.2) is 0 Å². The summed E-state index contributed by atoms with van der Waals surface area (Å²) in [5.41, 5.74) is 3.23. The molecule has 1 aromatic heterocycles. The number of thiophene rings is 1. The first-order valence-electron chi connectivity index (χ1n) is 12.1. The van der Waals surface area contributed by atoms with Crippen LogP contribution in [0, 0.1) is 11.3 Å². The number of benzene rings is 3. The minimum atomic E-state index is -0.198. The fraction of sp³-hybridized carbons (Fsp3) is 0.267. The molecular weight excluding hydrogens is 452 g/mol. The molecule has 2 amide bonds. The molecule has 0 saturated heterocycles. The van der Waals surface area contributed by atoms with E-state index in [0.717, 1.165) is 41.3 Å². The molecule has 4 aromatic rings. The molecule has 35 heavy (non-hydrogen) atoms. The van der Waals surface area contributed by atoms with Gasteiger partial charge in [0.25, 0.3) is 11.8 Å². The molecule has 178 valence electrons. The zero-order valence-electron chi connectivity index (χ0n) is 20.4. The number of nitrogens with one attached hydrogen (secondary N) is 2. The first-order chi connectivity index (χ1) is 16.8. The summed E-state index contributed by atoms with van der Waals surface area (Å²) < 4.78 is 0. The summed E-state index contributed by atoms with van der Waals surface area (Å²) in [4.78, 5) is 28.0. The number of fused-ring (bicyclic) bond motifs is 2. The van der Waals surface area contributed by atoms with Crippen molar-refractivity contribution in [1.82, 2.24) is 0 Å². The molecule has 0 bridgehead atoms. The molecule has 1 heterocycles. The molecular formula is C30H30N2O2S. The van der Waals surface area contributed by atoms with Gasteiger partial charge in [0.2, 0.25) is 0 Å². The Labute approximate surface area is 210 Å². The van der Waals surface area contributed by atoms with E-state index in [1.807, 2.05) is 60.7 Å². The summed E-state index contributed by atoms with van der Waals surface area (Å²) in [6.45, 7) is 6.84. The van der Waals surface area contributed by atoms with Crippen molar-refractivity contribution < 1.29 is 9.59 Å². The predicted molar refractivity (Wildman–Crippen MR) is 146 cm³/mol. The highest BCUT2D eigenvalue weighted by Gasteiger charge is 2.34. The fourth-order valence-corrected chi connectivity index (χ4v) is 6.26. The molecule has 0 spiro atoms. The van der Waals surface area contributed by atoms with Crippen molar-refractivity contribution >= 4 is 44.6 Å². The van der Waals surface area contributed by atoms with Gasteiger partial charge in [-0.3, -0.25) is 9.59 Å². The van der Waals surface area contributed by atoms with Crippen molar-refractivity contribution in [3.05, 3.63) is 94.4 Å². The van der Waals surface area contributed by atoms with Gasteiger partial charge < -0.3 is 10.6 Å². The third-order valence-corrected chi connectivity index (χ3v) is 8.19. The molecule has 0 saturated carbocycles. The van der Waals surface area contributed by atoms with Crippen LogP contribution in [0.4, 0.5) is 10.7 Å². The van der Waals surface area contributed by atoms with Gasteiger partial charge in [-0.1, -0.05) is 75.4 Å². The number of carbonyl (C=O) groups is 2. The molecule has 0 unspecified atom stereocenters. The first-order valence-corrected chi connectivity index (χ1v) is 12.9. The summed E-state index contributed by atoms with van der Waals surface area (Å²) in [5.74, 6) is 0.174. The van der Waals surface area contributed by atoms with Gasteiger partial charge in [-0.05, 0) is 59.7 Å². The number of hydrogen-bond donors (Lipinski definition) is 2. The van der Waals surface area contributed by atoms with Crippen molar-refractivity contribution in [2.24, 2.45) is 11.3 Å². The van der Waals surface area contributed by atoms with Gasteiger partial charge in [0.05, 0.1) is 5.56 Å². The molecule has 5 heteroatoms. The first kappa shape index (κ1) is 23.3. The molecule has 4 nitrogen and oxygen atoms in total. The molecule has 1 aliphatic rings. The van der Waals surface area contributed by atoms with Crippen LogP contribution >= 0.6 is 11.3 Å². The van der Waals surface area contributed by atoms with E-state index in [2.05, 4.69) is 31.4 Å². The highest BCUT2D eigenvalue weighted by atomic mass is 32.1. The van der Waals surface area contributed by atoms with Gasteiger partial charge in [-0.15, -0.1) is 11.3 Å². The van der Waals surface area contributed by atoms with Crippen LogP contribution in [0.15, 0.2) is 72.8 Å². The quantitative estimate of drug-likeness (QED) is 0.315. The molecule has 0 radical (unpaired) electrons. The summed E-state index contributed by atoms with van der Waals surface area (Å²) in [6.07, 6.45) is 2.81. The topological polar surface area (TPSA) is 58.2 Å². The van der Waals surface area contributed by atoms with Crippen LogP contribution in [-0.4, -0.2) is 11.8 Å². The summed E-state index contributed by atoms with van der Waals surface area (Å²) in [6, 6.07) is 23.1. The molecule has 0 aliphatic heterocycles. The minimum Gasteiger partial charge on any atom is -0.321 e. The molecule has 3 aromatic carbocycles. The standard InChI is InChI=1S/C30H30N2O2S/c1-30(2,3)21-16-17-23-25(18-21)35-29(32-27(33)20-11-5-4-6-12-20)26(23)28(34)31-24-15-9-13-19-10-7-8-14-22(19)24/h4-15,21H,16-18H2,1-3H3,(H,31,34)(H,32,33)/t21-/m0/s1. The van der Waals surface area contributed by atoms with Crippen LogP contribution in [0.1, 0.15) is 58.3 Å². The van der Waals surface area contributed by atoms with Gasteiger partial charge in [-0.2, -0.15) is 0 Å². The van der Waals surface area contributed by atoms with Crippen LogP contribution in [0.3, 0.4) is 0 Å². The van der Waals surface area contributed by atoms with Crippen molar-refractivity contribution in [1.29, 1.82) is 0 Å². The zero-order chi connectivity index (χ0) is 24.6. The lowest BCUT2D eigenvalue weighted by Crippen LogP contribution is -2.27. The van der Waals surface area contributed by atoms with E-state index in [4.69, 9.17) is 0 Å². The van der Waals surface area contributed by atoms with E-state index in [0.29, 0.717) is 22.0 Å². The van der Waals surface area contributed by atoms with Gasteiger partial charge >= 0.3 is 0 Å². The van der Waals surface area contributed by atoms with Gasteiger partial charge in [0, 0.05) is 21.5 Å². The van der Waals surface area contributed by atoms with Crippen LogP contribution in [0.5, 0.6) is 0 Å². The van der Waals surface area contributed by atoms with Crippen LogP contribution in [0.25, 0.3) is 10.8 Å². The van der Waals surface area contributed by atoms with E-state index in [-0.39, 0.29) is 17.2 Å². The third kappa shape index (κ3) is 4.73. The maximum atomic E-state index is 13.8. The second-order valence-corrected chi connectivity index (χ2v) is 11.4. The number of amides is 2. The second kappa shape index (κ2) is 9.31. The highest BCUT2D eigenvalue weighted by molar-refractivity contribution is 7.17. The van der Waals surface area contributed by atoms with Crippen LogP contribution in [-0.2, 0) is 12.8 Å². The number of rotatable bonds is 4. The third-order valence-electron chi connectivity index (χ3n) is 7.02. The summed E-state index contributed by atoms with van der Waals surface area (Å²) in [5, 5.41) is 8.91. The lowest BCUT2D eigenvalue weighted by molar-refractivity contribution is 0.102. The Morgan fingerprint density at radius 2 is 1.57 bits per heavy atom. The summed E-state index contributed by atoms with van der Waals surface area (Å²) >= 11 is 1.55. The minimum absolute atomic E-state index is 0.170. The number of carbonyl (C=O) groups excluding carboxylic acids is 2. The summed E-state index contributed by atoms with van der Waals surface area (Å²) in [7, 11) is 0. The van der Waals surface area contributed by atoms with E-state index < -0.39 is 0 Å². The normalized spacial score (nSPS) is 15.5. The maximum absolute atomic E-state index is 13.8. The Bertz CT molecular complexity index is 1390. The average Bonchev–Trinajstić information content (AvgIpc) is 3.21. The van der Waals surface area contributed by atoms with Crippen molar-refractivity contribution in [2.75, 3.05) is 10.6 Å². The van der Waals surface area contributed by atoms with Gasteiger partial charge in [-0.25, -0.2) is 0 Å². The molecule has 0 fully saturated rings. The SMILES string of the molecule is CC(C)(C)[C@H]1CCc2c(sc(NC(=O)c3ccccc3)c2C(=O)Nc2cccc3ccccc23)C1. The lowest BCUT2D eigenvalue weighted by Gasteiger charge is -2.33. The highest BCUT2D eigenvalue weighted by Crippen LogP contribution is 2.44. The number of anilines is 2. The van der Waals surface area contributed by atoms with Crippen molar-refractivity contribution in [3.8, 4) is 0 Å². The Balaban J connectivity index is 1.52. The number of hydrogen-bond acceptors (Lipinski definition) is 3. The second-order valence-electron chi connectivity index (χ2n) is 10.3. The molecule has 2 N–H and O–H groups in total. The Hall–Kier alpha value is -3.44. The molecule has 5 rings (SSSR count). The lowest BCUT2D eigenvalue weighted by atomic mass is 9.72. The van der Waals surface area contributed by atoms with E-state index in [9.17, 15) is 9.59 Å². The monoisotopic (exact) mass is 482 g/mol. The molecule has 1 aliphatic carbocycles. The van der Waals surface area contributed by atoms with Crippen LogP contribution < -0.4 is 10.6 Å². The van der Waals surface area contributed by atoms with Gasteiger partial charge in [0.1, 0.15) is 5.00 Å². The van der Waals surface area contributed by atoms with E-state index in [1.54, 1.807) is 23.5 Å². The predicted octanol–water partition coefficient (Wildman–Crippen LogP) is 7.56. The average molecular weight is 483 g/mol. The van der Waals surface area contributed by atoms with Crippen molar-refractivity contribution in [2.45, 2.75) is 40.0 Å². The van der Waals surface area contributed by atoms with Crippen molar-refractivity contribution in [3.63, 3.8) is 0 Å². The van der Waals surface area contributed by atoms with Crippen LogP contribution in [0.2, 0.25) is 0 Å². The Morgan fingerprint density at radius 1 is 0.857 bits per heavy atom. The smallest absolute Gasteiger partial charge is 0.258 e.